The van der Waals surface area contributed by atoms with Crippen molar-refractivity contribution in [1.82, 2.24) is 20.9 Å². The van der Waals surface area contributed by atoms with Crippen LogP contribution in [0.5, 0.6) is 0 Å². The summed E-state index contributed by atoms with van der Waals surface area (Å²) in [6, 6.07) is -1.23. The van der Waals surface area contributed by atoms with Crippen molar-refractivity contribution in [2.24, 2.45) is 0 Å². The molecule has 0 saturated carbocycles. The van der Waals surface area contributed by atoms with Crippen LogP contribution in [0.15, 0.2) is 0 Å². The Hall–Kier alpha value is -1.34. The summed E-state index contributed by atoms with van der Waals surface area (Å²) in [7, 11) is 0. The zero-order valence-corrected chi connectivity index (χ0v) is 10.7. The standard InChI is InChI=1S/C11H22N4O3/c1-2-9(10(16)17)14-11(18)13-5-8-15-6-3-12-4-7-15/h9,12H,2-8H2,1H3,(H,16,17)(H2,13,14,18). The number of carboxylic acids is 1. The molecule has 1 heterocycles. The number of piperazine rings is 1. The fourth-order valence-electron chi connectivity index (χ4n) is 1.81. The first-order chi connectivity index (χ1) is 8.63. The zero-order valence-electron chi connectivity index (χ0n) is 10.7. The molecule has 1 aliphatic heterocycles. The summed E-state index contributed by atoms with van der Waals surface area (Å²) in [5, 5.41) is 17.1. The van der Waals surface area contributed by atoms with Gasteiger partial charge in [0.15, 0.2) is 0 Å². The van der Waals surface area contributed by atoms with Gasteiger partial charge in [-0.2, -0.15) is 0 Å². The molecule has 7 nitrogen and oxygen atoms in total. The number of aliphatic carboxylic acids is 1. The number of carbonyl (C=O) groups excluding carboxylic acids is 1. The van der Waals surface area contributed by atoms with E-state index in [1.54, 1.807) is 6.92 Å². The van der Waals surface area contributed by atoms with E-state index in [2.05, 4.69) is 20.9 Å². The van der Waals surface area contributed by atoms with Gasteiger partial charge in [-0.3, -0.25) is 4.90 Å². The maximum Gasteiger partial charge on any atom is 0.326 e. The van der Waals surface area contributed by atoms with Crippen LogP contribution in [0, 0.1) is 0 Å². The first-order valence-electron chi connectivity index (χ1n) is 6.33. The van der Waals surface area contributed by atoms with Gasteiger partial charge in [-0.25, -0.2) is 9.59 Å². The Balaban J connectivity index is 2.14. The van der Waals surface area contributed by atoms with E-state index < -0.39 is 18.0 Å². The Kier molecular flexibility index (Phi) is 6.45. The van der Waals surface area contributed by atoms with Crippen LogP contribution in [0.3, 0.4) is 0 Å². The van der Waals surface area contributed by atoms with Gasteiger partial charge in [-0.1, -0.05) is 6.92 Å². The molecule has 4 N–H and O–H groups in total. The Labute approximate surface area is 107 Å². The first-order valence-corrected chi connectivity index (χ1v) is 6.33. The quantitative estimate of drug-likeness (QED) is 0.493. The molecule has 0 aromatic heterocycles. The number of rotatable bonds is 6. The number of urea groups is 1. The minimum absolute atomic E-state index is 0.376. The second kappa shape index (κ2) is 7.88. The van der Waals surface area contributed by atoms with E-state index in [-0.39, 0.29) is 0 Å². The molecule has 1 unspecified atom stereocenters. The number of carboxylic acid groups (broad SMARTS) is 1. The second-order valence-corrected chi connectivity index (χ2v) is 4.29. The second-order valence-electron chi connectivity index (χ2n) is 4.29. The lowest BCUT2D eigenvalue weighted by Crippen LogP contribution is -2.49. The van der Waals surface area contributed by atoms with E-state index in [0.717, 1.165) is 32.7 Å². The Morgan fingerprint density at radius 1 is 1.39 bits per heavy atom. The van der Waals surface area contributed by atoms with Gasteiger partial charge in [0.05, 0.1) is 0 Å². The molecule has 0 radical (unpaired) electrons. The predicted octanol–water partition coefficient (Wildman–Crippen LogP) is -0.946. The molecule has 2 amide bonds. The van der Waals surface area contributed by atoms with Crippen molar-refractivity contribution in [2.75, 3.05) is 39.3 Å². The van der Waals surface area contributed by atoms with Crippen LogP contribution in [0.2, 0.25) is 0 Å². The SMILES string of the molecule is CCC(NC(=O)NCCN1CCNCC1)C(=O)O. The highest BCUT2D eigenvalue weighted by Gasteiger charge is 2.17. The monoisotopic (exact) mass is 258 g/mol. The lowest BCUT2D eigenvalue weighted by Gasteiger charge is -2.27. The van der Waals surface area contributed by atoms with Crippen LogP contribution in [0.1, 0.15) is 13.3 Å². The third-order valence-corrected chi connectivity index (χ3v) is 2.93. The largest absolute Gasteiger partial charge is 0.480 e. The maximum atomic E-state index is 11.4. The van der Waals surface area contributed by atoms with Crippen molar-refractivity contribution in [2.45, 2.75) is 19.4 Å². The third kappa shape index (κ3) is 5.33. The van der Waals surface area contributed by atoms with E-state index >= 15 is 0 Å². The minimum atomic E-state index is -1.00. The molecule has 1 fully saturated rings. The number of carbonyl (C=O) groups is 2. The van der Waals surface area contributed by atoms with E-state index in [9.17, 15) is 9.59 Å². The molecule has 0 bridgehead atoms. The van der Waals surface area contributed by atoms with Gasteiger partial charge < -0.3 is 21.1 Å². The number of hydrogen-bond acceptors (Lipinski definition) is 4. The maximum absolute atomic E-state index is 11.4. The van der Waals surface area contributed by atoms with E-state index in [0.29, 0.717) is 13.0 Å². The topological polar surface area (TPSA) is 93.7 Å². The Bertz CT molecular complexity index is 279. The number of amides is 2. The van der Waals surface area contributed by atoms with Crippen LogP contribution in [-0.2, 0) is 4.79 Å². The van der Waals surface area contributed by atoms with Gasteiger partial charge in [0.25, 0.3) is 0 Å². The van der Waals surface area contributed by atoms with Crippen molar-refractivity contribution in [3.05, 3.63) is 0 Å². The fourth-order valence-corrected chi connectivity index (χ4v) is 1.81. The first kappa shape index (κ1) is 14.7. The van der Waals surface area contributed by atoms with Gasteiger partial charge in [0.1, 0.15) is 6.04 Å². The van der Waals surface area contributed by atoms with Gasteiger partial charge in [-0.15, -0.1) is 0 Å². The number of nitrogens with zero attached hydrogens (tertiary/aromatic N) is 1. The molecule has 1 saturated heterocycles. The minimum Gasteiger partial charge on any atom is -0.480 e. The average Bonchev–Trinajstić information content (AvgIpc) is 2.37. The summed E-state index contributed by atoms with van der Waals surface area (Å²) in [5.74, 6) is -1.00. The van der Waals surface area contributed by atoms with Crippen molar-refractivity contribution < 1.29 is 14.7 Å². The van der Waals surface area contributed by atoms with Crippen molar-refractivity contribution in [3.8, 4) is 0 Å². The van der Waals surface area contributed by atoms with Crippen molar-refractivity contribution in [1.29, 1.82) is 0 Å². The highest BCUT2D eigenvalue weighted by Crippen LogP contribution is 1.91. The molecular formula is C11H22N4O3. The molecule has 1 atom stereocenters. The van der Waals surface area contributed by atoms with Gasteiger partial charge in [0, 0.05) is 39.3 Å². The zero-order chi connectivity index (χ0) is 13.4. The van der Waals surface area contributed by atoms with E-state index in [1.165, 1.54) is 0 Å². The molecule has 0 aliphatic carbocycles. The molecule has 18 heavy (non-hydrogen) atoms. The predicted molar refractivity (Wildman–Crippen MR) is 67.6 cm³/mol. The van der Waals surface area contributed by atoms with Crippen LogP contribution in [-0.4, -0.2) is 67.3 Å². The molecule has 0 aromatic rings. The summed E-state index contributed by atoms with van der Waals surface area (Å²) in [6.45, 7) is 6.96. The highest BCUT2D eigenvalue weighted by atomic mass is 16.4. The summed E-state index contributed by atoms with van der Waals surface area (Å²) in [4.78, 5) is 24.4. The lowest BCUT2D eigenvalue weighted by molar-refractivity contribution is -0.139. The molecule has 1 rings (SSSR count). The highest BCUT2D eigenvalue weighted by molar-refractivity contribution is 5.82. The molecule has 0 aromatic carbocycles. The van der Waals surface area contributed by atoms with Crippen molar-refractivity contribution in [3.63, 3.8) is 0 Å². The van der Waals surface area contributed by atoms with E-state index in [1.807, 2.05) is 0 Å². The summed E-state index contributed by atoms with van der Waals surface area (Å²) < 4.78 is 0. The van der Waals surface area contributed by atoms with Crippen molar-refractivity contribution >= 4 is 12.0 Å². The average molecular weight is 258 g/mol. The van der Waals surface area contributed by atoms with Crippen LogP contribution < -0.4 is 16.0 Å². The van der Waals surface area contributed by atoms with Crippen LogP contribution in [0.25, 0.3) is 0 Å². The summed E-state index contributed by atoms with van der Waals surface area (Å²) in [5.41, 5.74) is 0. The molecular weight excluding hydrogens is 236 g/mol. The Morgan fingerprint density at radius 2 is 2.06 bits per heavy atom. The van der Waals surface area contributed by atoms with Gasteiger partial charge >= 0.3 is 12.0 Å². The summed E-state index contributed by atoms with van der Waals surface area (Å²) in [6.07, 6.45) is 0.376. The molecule has 1 aliphatic rings. The lowest BCUT2D eigenvalue weighted by atomic mass is 10.2. The van der Waals surface area contributed by atoms with Crippen LogP contribution in [0.4, 0.5) is 4.79 Å². The number of hydrogen-bond donors (Lipinski definition) is 4. The smallest absolute Gasteiger partial charge is 0.326 e. The summed E-state index contributed by atoms with van der Waals surface area (Å²) >= 11 is 0. The van der Waals surface area contributed by atoms with E-state index in [4.69, 9.17) is 5.11 Å². The fraction of sp³-hybridized carbons (Fsp3) is 0.818. The molecule has 7 heteroatoms. The molecule has 0 spiro atoms. The normalized spacial score (nSPS) is 18.1. The van der Waals surface area contributed by atoms with Crippen LogP contribution >= 0.6 is 0 Å². The molecule has 104 valence electrons. The van der Waals surface area contributed by atoms with Gasteiger partial charge in [0.2, 0.25) is 0 Å². The number of nitrogens with one attached hydrogen (secondary N) is 3. The Morgan fingerprint density at radius 3 is 2.61 bits per heavy atom. The van der Waals surface area contributed by atoms with Gasteiger partial charge in [-0.05, 0) is 6.42 Å². The third-order valence-electron chi connectivity index (χ3n) is 2.93.